The molecular formula is C17H13F15O. The molecule has 192 valence electrons. The van der Waals surface area contributed by atoms with Crippen molar-refractivity contribution in [3.63, 3.8) is 0 Å². The van der Waals surface area contributed by atoms with Crippen molar-refractivity contribution in [3.05, 3.63) is 35.4 Å². The van der Waals surface area contributed by atoms with Crippen LogP contribution in [0.2, 0.25) is 0 Å². The SMILES string of the molecule is Cc1cccc(C(C)(O)CC(F)(F)C(F)(F)C(F)(F)C(F)(F)C(F)(F)C(F)(F)C(F)(F)F)c1. The van der Waals surface area contributed by atoms with Gasteiger partial charge in [-0.15, -0.1) is 0 Å². The molecule has 0 aromatic heterocycles. The Morgan fingerprint density at radius 1 is 0.636 bits per heavy atom. The Morgan fingerprint density at radius 3 is 1.42 bits per heavy atom. The molecule has 0 bridgehead atoms. The van der Waals surface area contributed by atoms with Crippen molar-refractivity contribution >= 4 is 0 Å². The minimum atomic E-state index is -8.35. The summed E-state index contributed by atoms with van der Waals surface area (Å²) in [6.07, 6.45) is -10.5. The van der Waals surface area contributed by atoms with Gasteiger partial charge in [-0.1, -0.05) is 29.8 Å². The topological polar surface area (TPSA) is 20.2 Å². The van der Waals surface area contributed by atoms with E-state index in [0.717, 1.165) is 18.2 Å². The first kappa shape index (κ1) is 29.2. The standard InChI is InChI=1S/C17H13F15O/c1-8-4-3-5-9(6-8)10(2,33)7-11(18,19)12(20,21)13(22,23)14(24,25)15(26,27)16(28,29)17(30,31)32/h3-6,33H,7H2,1-2H3. The van der Waals surface area contributed by atoms with Gasteiger partial charge in [-0.3, -0.25) is 0 Å². The molecule has 0 aliphatic heterocycles. The molecule has 1 aromatic rings. The Bertz CT molecular complexity index is 854. The van der Waals surface area contributed by atoms with Crippen LogP contribution >= 0.6 is 0 Å². The van der Waals surface area contributed by atoms with Crippen LogP contribution in [0.1, 0.15) is 24.5 Å². The van der Waals surface area contributed by atoms with E-state index in [1.165, 1.54) is 13.0 Å². The first-order valence-corrected chi connectivity index (χ1v) is 8.34. The molecule has 0 saturated carbocycles. The Morgan fingerprint density at radius 2 is 1.03 bits per heavy atom. The minimum Gasteiger partial charge on any atom is -0.385 e. The summed E-state index contributed by atoms with van der Waals surface area (Å²) in [6.45, 7) is 1.62. The molecule has 1 nitrogen and oxygen atoms in total. The molecule has 16 heteroatoms. The number of hydrogen-bond acceptors (Lipinski definition) is 1. The van der Waals surface area contributed by atoms with Crippen molar-refractivity contribution in [2.45, 2.75) is 67.6 Å². The molecule has 1 unspecified atom stereocenters. The highest BCUT2D eigenvalue weighted by atomic mass is 19.4. The number of aryl methyl sites for hydroxylation is 1. The van der Waals surface area contributed by atoms with Gasteiger partial charge in [0.2, 0.25) is 0 Å². The van der Waals surface area contributed by atoms with Crippen LogP contribution in [0.4, 0.5) is 65.9 Å². The lowest BCUT2D eigenvalue weighted by Crippen LogP contribution is -2.72. The van der Waals surface area contributed by atoms with Crippen LogP contribution in [0.15, 0.2) is 24.3 Å². The summed E-state index contributed by atoms with van der Waals surface area (Å²) in [4.78, 5) is 0. The highest BCUT2D eigenvalue weighted by molar-refractivity contribution is 5.27. The Kier molecular flexibility index (Phi) is 6.92. The summed E-state index contributed by atoms with van der Waals surface area (Å²) in [5.74, 6) is -47.0. The zero-order valence-electron chi connectivity index (χ0n) is 16.1. The minimum absolute atomic E-state index is 0.203. The van der Waals surface area contributed by atoms with Gasteiger partial charge in [-0.05, 0) is 19.4 Å². The molecule has 0 heterocycles. The van der Waals surface area contributed by atoms with Crippen LogP contribution < -0.4 is 0 Å². The number of rotatable bonds is 8. The number of hydrogen-bond donors (Lipinski definition) is 1. The van der Waals surface area contributed by atoms with Crippen LogP contribution in [0.3, 0.4) is 0 Å². The first-order valence-electron chi connectivity index (χ1n) is 8.34. The van der Waals surface area contributed by atoms with E-state index in [9.17, 15) is 71.0 Å². The zero-order chi connectivity index (χ0) is 26.7. The highest BCUT2D eigenvalue weighted by Crippen LogP contribution is 2.63. The fourth-order valence-electron chi connectivity index (χ4n) is 2.62. The molecule has 0 spiro atoms. The van der Waals surface area contributed by atoms with Gasteiger partial charge in [0.15, 0.2) is 0 Å². The summed E-state index contributed by atoms with van der Waals surface area (Å²) in [7, 11) is 0. The maximum Gasteiger partial charge on any atom is 0.460 e. The van der Waals surface area contributed by atoms with Crippen LogP contribution in [0, 0.1) is 6.92 Å². The van der Waals surface area contributed by atoms with E-state index in [-0.39, 0.29) is 5.56 Å². The van der Waals surface area contributed by atoms with E-state index < -0.39 is 59.3 Å². The largest absolute Gasteiger partial charge is 0.460 e. The second-order valence-electron chi connectivity index (χ2n) is 7.39. The summed E-state index contributed by atoms with van der Waals surface area (Å²) >= 11 is 0. The Hall–Kier alpha value is -1.87. The van der Waals surface area contributed by atoms with Crippen molar-refractivity contribution in [2.24, 2.45) is 0 Å². The lowest BCUT2D eigenvalue weighted by molar-refractivity contribution is -0.453. The molecule has 1 aromatic carbocycles. The fraction of sp³-hybridized carbons (Fsp3) is 0.647. The fourth-order valence-corrected chi connectivity index (χ4v) is 2.62. The van der Waals surface area contributed by atoms with Gasteiger partial charge in [0, 0.05) is 0 Å². The van der Waals surface area contributed by atoms with Crippen LogP contribution in [0.25, 0.3) is 0 Å². The van der Waals surface area contributed by atoms with Crippen LogP contribution in [-0.4, -0.2) is 46.8 Å². The molecular weight excluding hydrogens is 505 g/mol. The number of benzene rings is 1. The molecule has 1 atom stereocenters. The molecule has 1 rings (SSSR count). The van der Waals surface area contributed by atoms with Gasteiger partial charge in [0.25, 0.3) is 0 Å². The van der Waals surface area contributed by atoms with Crippen molar-refractivity contribution in [3.8, 4) is 0 Å². The number of aliphatic hydroxyl groups is 1. The second kappa shape index (κ2) is 7.83. The Labute approximate surface area is 175 Å². The summed E-state index contributed by atoms with van der Waals surface area (Å²) in [5, 5.41) is 10.0. The molecule has 0 fully saturated rings. The van der Waals surface area contributed by atoms with Gasteiger partial charge in [-0.2, -0.15) is 65.9 Å². The third-order valence-electron chi connectivity index (χ3n) is 4.60. The predicted octanol–water partition coefficient (Wildman–Crippen LogP) is 6.97. The van der Waals surface area contributed by atoms with E-state index in [1.807, 2.05) is 0 Å². The van der Waals surface area contributed by atoms with Gasteiger partial charge >= 0.3 is 41.7 Å². The number of halogens is 15. The number of alkyl halides is 15. The second-order valence-corrected chi connectivity index (χ2v) is 7.39. The van der Waals surface area contributed by atoms with Gasteiger partial charge in [0.1, 0.15) is 0 Å². The summed E-state index contributed by atoms with van der Waals surface area (Å²) < 4.78 is 198. The highest BCUT2D eigenvalue weighted by Gasteiger charge is 2.93. The van der Waals surface area contributed by atoms with Crippen molar-refractivity contribution in [2.75, 3.05) is 0 Å². The predicted molar refractivity (Wildman–Crippen MR) is 81.1 cm³/mol. The molecule has 1 N–H and O–H groups in total. The van der Waals surface area contributed by atoms with Crippen LogP contribution in [0.5, 0.6) is 0 Å². The Balaban J connectivity index is 3.54. The average molecular weight is 518 g/mol. The summed E-state index contributed by atoms with van der Waals surface area (Å²) in [5.41, 5.74) is -3.65. The molecule has 33 heavy (non-hydrogen) atoms. The zero-order valence-corrected chi connectivity index (χ0v) is 16.1. The van der Waals surface area contributed by atoms with E-state index in [0.29, 0.717) is 6.92 Å². The van der Waals surface area contributed by atoms with E-state index >= 15 is 0 Å². The summed E-state index contributed by atoms with van der Waals surface area (Å²) in [6, 6.07) is 4.05. The van der Waals surface area contributed by atoms with Crippen molar-refractivity contribution < 1.29 is 71.0 Å². The molecule has 0 saturated heterocycles. The molecule has 0 radical (unpaired) electrons. The maximum absolute atomic E-state index is 14.1. The molecule has 0 aliphatic carbocycles. The molecule has 0 amide bonds. The molecule has 0 aliphatic rings. The van der Waals surface area contributed by atoms with E-state index in [2.05, 4.69) is 0 Å². The average Bonchev–Trinajstić information content (AvgIpc) is 2.59. The normalized spacial score (nSPS) is 17.2. The third-order valence-corrected chi connectivity index (χ3v) is 4.60. The van der Waals surface area contributed by atoms with Crippen molar-refractivity contribution in [1.29, 1.82) is 0 Å². The van der Waals surface area contributed by atoms with Gasteiger partial charge in [-0.25, -0.2) is 0 Å². The van der Waals surface area contributed by atoms with Gasteiger partial charge in [0.05, 0.1) is 12.0 Å². The monoisotopic (exact) mass is 518 g/mol. The van der Waals surface area contributed by atoms with Crippen LogP contribution in [-0.2, 0) is 5.60 Å². The smallest absolute Gasteiger partial charge is 0.385 e. The van der Waals surface area contributed by atoms with E-state index in [1.54, 1.807) is 0 Å². The first-order chi connectivity index (χ1) is 14.2. The van der Waals surface area contributed by atoms with Gasteiger partial charge < -0.3 is 5.11 Å². The van der Waals surface area contributed by atoms with E-state index in [4.69, 9.17) is 0 Å². The lowest BCUT2D eigenvalue weighted by atomic mass is 9.83. The maximum atomic E-state index is 14.1. The van der Waals surface area contributed by atoms with Crippen molar-refractivity contribution in [1.82, 2.24) is 0 Å². The quantitative estimate of drug-likeness (QED) is 0.369. The lowest BCUT2D eigenvalue weighted by Gasteiger charge is -2.42. The third kappa shape index (κ3) is 4.34.